The number of hydrogen-bond donors (Lipinski definition) is 1. The van der Waals surface area contributed by atoms with Crippen molar-refractivity contribution in [2.75, 3.05) is 7.11 Å². The third-order valence-electron chi connectivity index (χ3n) is 2.78. The monoisotopic (exact) mass is 262 g/mol. The minimum Gasteiger partial charge on any atom is -0.496 e. The van der Waals surface area contributed by atoms with E-state index in [9.17, 15) is 4.79 Å². The van der Waals surface area contributed by atoms with E-state index in [2.05, 4.69) is 13.0 Å². The Morgan fingerprint density at radius 1 is 1.39 bits per heavy atom. The van der Waals surface area contributed by atoms with E-state index >= 15 is 0 Å². The average molecular weight is 262 g/mol. The molecule has 0 saturated heterocycles. The van der Waals surface area contributed by atoms with Crippen molar-refractivity contribution in [2.24, 2.45) is 0 Å². The van der Waals surface area contributed by atoms with Crippen molar-refractivity contribution in [3.05, 3.63) is 40.8 Å². The Balaban J connectivity index is 2.50. The number of hydrogen-bond acceptors (Lipinski definition) is 3. The predicted molar refractivity (Wildman–Crippen MR) is 72.6 cm³/mol. The Labute approximate surface area is 110 Å². The summed E-state index contributed by atoms with van der Waals surface area (Å²) in [5.41, 5.74) is 2.48. The van der Waals surface area contributed by atoms with Gasteiger partial charge in [0.05, 0.1) is 12.7 Å². The highest BCUT2D eigenvalue weighted by Crippen LogP contribution is 2.35. The van der Waals surface area contributed by atoms with E-state index in [0.717, 1.165) is 22.6 Å². The summed E-state index contributed by atoms with van der Waals surface area (Å²) >= 11 is 1.42. The van der Waals surface area contributed by atoms with Gasteiger partial charge in [-0.3, -0.25) is 0 Å². The molecule has 2 rings (SSSR count). The summed E-state index contributed by atoms with van der Waals surface area (Å²) in [4.78, 5) is 11.8. The van der Waals surface area contributed by atoms with Gasteiger partial charge in [-0.1, -0.05) is 13.0 Å². The largest absolute Gasteiger partial charge is 0.496 e. The van der Waals surface area contributed by atoms with Crippen LogP contribution in [0, 0.1) is 0 Å². The molecular weight excluding hydrogens is 248 g/mol. The van der Waals surface area contributed by atoms with Crippen LogP contribution in [0.1, 0.15) is 22.8 Å². The van der Waals surface area contributed by atoms with Crippen LogP contribution in [0.15, 0.2) is 29.6 Å². The van der Waals surface area contributed by atoms with Crippen LogP contribution in [0.5, 0.6) is 5.75 Å². The molecule has 0 aliphatic rings. The van der Waals surface area contributed by atoms with Gasteiger partial charge in [-0.2, -0.15) is 0 Å². The number of aryl methyl sites for hydroxylation is 1. The average Bonchev–Trinajstić information content (AvgIpc) is 2.87. The maximum atomic E-state index is 10.9. The number of benzene rings is 1. The van der Waals surface area contributed by atoms with Crippen molar-refractivity contribution < 1.29 is 14.6 Å². The molecule has 1 N–H and O–H groups in total. The van der Waals surface area contributed by atoms with Gasteiger partial charge < -0.3 is 9.84 Å². The van der Waals surface area contributed by atoms with Crippen LogP contribution in [-0.4, -0.2) is 18.2 Å². The molecule has 0 amide bonds. The molecule has 2 aromatic rings. The van der Waals surface area contributed by atoms with Crippen molar-refractivity contribution in [1.82, 2.24) is 0 Å². The highest BCUT2D eigenvalue weighted by molar-refractivity contribution is 7.13. The Morgan fingerprint density at radius 2 is 2.17 bits per heavy atom. The normalized spacial score (nSPS) is 10.3. The minimum atomic E-state index is -0.900. The number of ether oxygens (including phenoxy) is 1. The molecule has 4 heteroatoms. The van der Waals surface area contributed by atoms with Crippen LogP contribution in [0.2, 0.25) is 0 Å². The molecule has 0 aliphatic carbocycles. The Hall–Kier alpha value is -1.81. The zero-order valence-electron chi connectivity index (χ0n) is 10.3. The molecule has 0 unspecified atom stereocenters. The quantitative estimate of drug-likeness (QED) is 0.914. The van der Waals surface area contributed by atoms with Crippen LogP contribution in [-0.2, 0) is 6.42 Å². The molecule has 18 heavy (non-hydrogen) atoms. The molecule has 0 atom stereocenters. The van der Waals surface area contributed by atoms with Gasteiger partial charge >= 0.3 is 5.97 Å². The van der Waals surface area contributed by atoms with Gasteiger partial charge in [0.1, 0.15) is 5.75 Å². The van der Waals surface area contributed by atoms with E-state index in [1.807, 2.05) is 12.1 Å². The second-order valence-electron chi connectivity index (χ2n) is 3.89. The van der Waals surface area contributed by atoms with E-state index in [-0.39, 0.29) is 0 Å². The molecule has 1 heterocycles. The molecule has 0 bridgehead atoms. The highest BCUT2D eigenvalue weighted by atomic mass is 32.1. The summed E-state index contributed by atoms with van der Waals surface area (Å²) in [6, 6.07) is 7.68. The minimum absolute atomic E-state index is 0.318. The summed E-state index contributed by atoms with van der Waals surface area (Å²) in [5, 5.41) is 10.6. The number of methoxy groups -OCH3 is 1. The zero-order chi connectivity index (χ0) is 13.1. The Bertz CT molecular complexity index is 572. The van der Waals surface area contributed by atoms with Gasteiger partial charge in [0.15, 0.2) is 0 Å². The van der Waals surface area contributed by atoms with Crippen LogP contribution in [0.4, 0.5) is 0 Å². The Kier molecular flexibility index (Phi) is 3.67. The predicted octanol–water partition coefficient (Wildman–Crippen LogP) is 3.68. The lowest BCUT2D eigenvalue weighted by atomic mass is 10.1. The van der Waals surface area contributed by atoms with Gasteiger partial charge in [0.2, 0.25) is 0 Å². The van der Waals surface area contributed by atoms with Crippen LogP contribution in [0.25, 0.3) is 10.4 Å². The summed E-state index contributed by atoms with van der Waals surface area (Å²) in [5.74, 6) is -0.130. The van der Waals surface area contributed by atoms with Gasteiger partial charge in [-0.15, -0.1) is 11.3 Å². The van der Waals surface area contributed by atoms with E-state index in [1.165, 1.54) is 16.9 Å². The van der Waals surface area contributed by atoms with Gasteiger partial charge in [0, 0.05) is 15.8 Å². The SMILES string of the molecule is CCc1ccc(OC)c(-c2cc(C(=O)O)cs2)c1. The zero-order valence-corrected chi connectivity index (χ0v) is 11.1. The van der Waals surface area contributed by atoms with Crippen LogP contribution < -0.4 is 4.74 Å². The molecular formula is C14H14O3S. The van der Waals surface area contributed by atoms with Crippen molar-refractivity contribution in [1.29, 1.82) is 0 Å². The van der Waals surface area contributed by atoms with Crippen molar-refractivity contribution in [3.8, 4) is 16.2 Å². The van der Waals surface area contributed by atoms with E-state index in [0.29, 0.717) is 5.56 Å². The third kappa shape index (κ3) is 2.38. The summed E-state index contributed by atoms with van der Waals surface area (Å²) in [6.45, 7) is 2.09. The molecule has 0 aliphatic heterocycles. The summed E-state index contributed by atoms with van der Waals surface area (Å²) in [7, 11) is 1.62. The third-order valence-corrected chi connectivity index (χ3v) is 3.75. The standard InChI is InChI=1S/C14H14O3S/c1-3-9-4-5-12(17-2)11(6-9)13-7-10(8-18-13)14(15)16/h4-8H,3H2,1-2H3,(H,15,16). The fraction of sp³-hybridized carbons (Fsp3) is 0.214. The smallest absolute Gasteiger partial charge is 0.336 e. The highest BCUT2D eigenvalue weighted by Gasteiger charge is 2.12. The molecule has 0 radical (unpaired) electrons. The molecule has 3 nitrogen and oxygen atoms in total. The number of carboxylic acids is 1. The van der Waals surface area contributed by atoms with E-state index in [1.54, 1.807) is 18.6 Å². The Morgan fingerprint density at radius 3 is 2.72 bits per heavy atom. The number of aromatic carboxylic acids is 1. The lowest BCUT2D eigenvalue weighted by molar-refractivity contribution is 0.0697. The van der Waals surface area contributed by atoms with E-state index < -0.39 is 5.97 Å². The fourth-order valence-corrected chi connectivity index (χ4v) is 2.66. The topological polar surface area (TPSA) is 46.5 Å². The summed E-state index contributed by atoms with van der Waals surface area (Å²) < 4.78 is 5.33. The van der Waals surface area contributed by atoms with Crippen LogP contribution in [0.3, 0.4) is 0 Å². The first-order valence-corrected chi connectivity index (χ1v) is 6.52. The number of carboxylic acid groups (broad SMARTS) is 1. The first-order chi connectivity index (χ1) is 8.65. The maximum absolute atomic E-state index is 10.9. The van der Waals surface area contributed by atoms with Crippen LogP contribution >= 0.6 is 11.3 Å². The number of carbonyl (C=O) groups is 1. The molecule has 0 fully saturated rings. The lowest BCUT2D eigenvalue weighted by Gasteiger charge is -2.08. The second kappa shape index (κ2) is 5.23. The van der Waals surface area contributed by atoms with E-state index in [4.69, 9.17) is 9.84 Å². The van der Waals surface area contributed by atoms with Gasteiger partial charge in [0.25, 0.3) is 0 Å². The molecule has 0 saturated carbocycles. The molecule has 0 spiro atoms. The van der Waals surface area contributed by atoms with Crippen molar-refractivity contribution in [3.63, 3.8) is 0 Å². The molecule has 1 aromatic heterocycles. The van der Waals surface area contributed by atoms with Gasteiger partial charge in [-0.25, -0.2) is 4.79 Å². The molecule has 94 valence electrons. The second-order valence-corrected chi connectivity index (χ2v) is 4.80. The summed E-state index contributed by atoms with van der Waals surface area (Å²) in [6.07, 6.45) is 0.939. The van der Waals surface area contributed by atoms with Crippen molar-refractivity contribution >= 4 is 17.3 Å². The van der Waals surface area contributed by atoms with Crippen molar-refractivity contribution in [2.45, 2.75) is 13.3 Å². The maximum Gasteiger partial charge on any atom is 0.336 e. The lowest BCUT2D eigenvalue weighted by Crippen LogP contribution is -1.92. The first kappa shape index (κ1) is 12.6. The first-order valence-electron chi connectivity index (χ1n) is 5.64. The number of rotatable bonds is 4. The molecule has 1 aromatic carbocycles. The fourth-order valence-electron chi connectivity index (χ4n) is 1.76. The number of thiophene rings is 1. The van der Waals surface area contributed by atoms with Gasteiger partial charge in [-0.05, 0) is 30.2 Å².